The van der Waals surface area contributed by atoms with Gasteiger partial charge in [0.05, 0.1) is 17.6 Å². The molecule has 0 aliphatic carbocycles. The van der Waals surface area contributed by atoms with E-state index in [2.05, 4.69) is 0 Å². The van der Waals surface area contributed by atoms with Crippen molar-refractivity contribution in [2.24, 2.45) is 5.41 Å². The van der Waals surface area contributed by atoms with Crippen LogP contribution in [-0.4, -0.2) is 11.2 Å². The largest absolute Gasteiger partial charge is 0.376 e. The summed E-state index contributed by atoms with van der Waals surface area (Å²) in [5, 5.41) is 26.3. The van der Waals surface area contributed by atoms with Gasteiger partial charge >= 0.3 is 0 Å². The molecule has 0 saturated carbocycles. The third kappa shape index (κ3) is 1.69. The molecule has 0 amide bonds. The Kier molecular flexibility index (Phi) is 3.57. The Morgan fingerprint density at radius 2 is 1.82 bits per heavy atom. The highest BCUT2D eigenvalue weighted by molar-refractivity contribution is 5.09. The van der Waals surface area contributed by atoms with Crippen LogP contribution in [0.15, 0.2) is 0 Å². The van der Waals surface area contributed by atoms with E-state index in [0.717, 1.165) is 0 Å². The fourth-order valence-corrected chi connectivity index (χ4v) is 0.980. The minimum Gasteiger partial charge on any atom is -0.376 e. The van der Waals surface area contributed by atoms with Gasteiger partial charge in [-0.25, -0.2) is 0 Å². The molecule has 3 nitrogen and oxygen atoms in total. The molecule has 0 spiro atoms. The molecule has 0 rings (SSSR count). The van der Waals surface area contributed by atoms with Crippen LogP contribution in [0.25, 0.3) is 0 Å². The van der Waals surface area contributed by atoms with Crippen LogP contribution in [-0.2, 0) is 0 Å². The van der Waals surface area contributed by atoms with Crippen LogP contribution in [0.3, 0.4) is 0 Å². The smallest absolute Gasteiger partial charge is 0.158 e. The van der Waals surface area contributed by atoms with E-state index in [4.69, 9.17) is 10.5 Å². The maximum Gasteiger partial charge on any atom is 0.158 e. The minimum atomic E-state index is -1.16. The molecule has 0 aliphatic rings. The molecule has 1 N–H and O–H groups in total. The monoisotopic (exact) mass is 152 g/mol. The van der Waals surface area contributed by atoms with E-state index in [9.17, 15) is 5.11 Å². The van der Waals surface area contributed by atoms with Gasteiger partial charge in [-0.2, -0.15) is 10.5 Å². The number of nitrogens with zero attached hydrogens (tertiary/aromatic N) is 2. The lowest BCUT2D eigenvalue weighted by atomic mass is 9.79. The molecule has 0 aromatic carbocycles. The summed E-state index contributed by atoms with van der Waals surface area (Å²) in [5.41, 5.74) is -0.866. The summed E-state index contributed by atoms with van der Waals surface area (Å²) >= 11 is 0. The number of nitriles is 2. The predicted molar refractivity (Wildman–Crippen MR) is 40.2 cm³/mol. The van der Waals surface area contributed by atoms with Gasteiger partial charge in [-0.1, -0.05) is 13.8 Å². The quantitative estimate of drug-likeness (QED) is 0.618. The molecule has 0 bridgehead atoms. The lowest BCUT2D eigenvalue weighted by Gasteiger charge is -2.23. The maximum absolute atomic E-state index is 9.18. The van der Waals surface area contributed by atoms with Crippen molar-refractivity contribution >= 4 is 0 Å². The lowest BCUT2D eigenvalue weighted by molar-refractivity contribution is 0.104. The summed E-state index contributed by atoms with van der Waals surface area (Å²) in [6, 6.07) is 3.68. The van der Waals surface area contributed by atoms with E-state index in [1.54, 1.807) is 19.9 Å². The third-order valence-electron chi connectivity index (χ3n) is 2.13. The average molecular weight is 152 g/mol. The van der Waals surface area contributed by atoms with Crippen LogP contribution >= 0.6 is 0 Å². The number of aliphatic hydroxyl groups excluding tert-OH is 1. The first kappa shape index (κ1) is 9.94. The lowest BCUT2D eigenvalue weighted by Crippen LogP contribution is -2.31. The van der Waals surface area contributed by atoms with Crippen LogP contribution < -0.4 is 0 Å². The topological polar surface area (TPSA) is 67.8 Å². The van der Waals surface area contributed by atoms with E-state index in [1.165, 1.54) is 0 Å². The van der Waals surface area contributed by atoms with Crippen LogP contribution in [0, 0.1) is 28.1 Å². The van der Waals surface area contributed by atoms with E-state index >= 15 is 0 Å². The standard InChI is InChI=1S/C8H12N2O/c1-3-8(4-2,6-10)7(11)5-9/h7,11H,3-4H2,1-2H3. The Morgan fingerprint density at radius 1 is 1.36 bits per heavy atom. The highest BCUT2D eigenvalue weighted by atomic mass is 16.3. The molecule has 0 aliphatic heterocycles. The minimum absolute atomic E-state index is 0.509. The number of rotatable bonds is 3. The molecule has 0 aromatic heterocycles. The van der Waals surface area contributed by atoms with Crippen molar-refractivity contribution in [2.75, 3.05) is 0 Å². The van der Waals surface area contributed by atoms with Crippen molar-refractivity contribution in [3.05, 3.63) is 0 Å². The van der Waals surface area contributed by atoms with Crippen LogP contribution in [0.4, 0.5) is 0 Å². The van der Waals surface area contributed by atoms with Crippen molar-refractivity contribution in [3.8, 4) is 12.1 Å². The van der Waals surface area contributed by atoms with Crippen molar-refractivity contribution in [1.29, 1.82) is 10.5 Å². The number of aliphatic hydroxyl groups is 1. The molecule has 0 saturated heterocycles. The summed E-state index contributed by atoms with van der Waals surface area (Å²) in [6.45, 7) is 3.60. The molecule has 60 valence electrons. The van der Waals surface area contributed by atoms with Crippen molar-refractivity contribution in [1.82, 2.24) is 0 Å². The van der Waals surface area contributed by atoms with Crippen LogP contribution in [0.1, 0.15) is 26.7 Å². The molecule has 11 heavy (non-hydrogen) atoms. The predicted octanol–water partition coefficient (Wildman–Crippen LogP) is 1.20. The third-order valence-corrected chi connectivity index (χ3v) is 2.13. The zero-order chi connectivity index (χ0) is 8.91. The Hall–Kier alpha value is -1.06. The highest BCUT2D eigenvalue weighted by Gasteiger charge is 2.34. The summed E-state index contributed by atoms with van der Waals surface area (Å²) in [4.78, 5) is 0. The van der Waals surface area contributed by atoms with Gasteiger partial charge < -0.3 is 5.11 Å². The first-order valence-electron chi connectivity index (χ1n) is 3.65. The first-order chi connectivity index (χ1) is 5.16. The number of hydrogen-bond donors (Lipinski definition) is 1. The molecule has 0 heterocycles. The first-order valence-corrected chi connectivity index (χ1v) is 3.65. The second-order valence-electron chi connectivity index (χ2n) is 2.51. The molecule has 0 radical (unpaired) electrons. The summed E-state index contributed by atoms with van der Waals surface area (Å²) in [6.07, 6.45) is -0.147. The normalized spacial score (nSPS) is 13.2. The molecule has 3 heteroatoms. The van der Waals surface area contributed by atoms with Gasteiger partial charge in [0, 0.05) is 0 Å². The van der Waals surface area contributed by atoms with Gasteiger partial charge in [-0.3, -0.25) is 0 Å². The van der Waals surface area contributed by atoms with Gasteiger partial charge in [-0.15, -0.1) is 0 Å². The Balaban J connectivity index is 4.60. The highest BCUT2D eigenvalue weighted by Crippen LogP contribution is 2.29. The van der Waals surface area contributed by atoms with Crippen molar-refractivity contribution in [2.45, 2.75) is 32.8 Å². The van der Waals surface area contributed by atoms with Crippen molar-refractivity contribution < 1.29 is 5.11 Å². The summed E-state index contributed by atoms with van der Waals surface area (Å²) < 4.78 is 0. The average Bonchev–Trinajstić information content (AvgIpc) is 2.08. The van der Waals surface area contributed by atoms with Gasteiger partial charge in [0.1, 0.15) is 0 Å². The van der Waals surface area contributed by atoms with Crippen LogP contribution in [0.2, 0.25) is 0 Å². The summed E-state index contributed by atoms with van der Waals surface area (Å²) in [5.74, 6) is 0. The summed E-state index contributed by atoms with van der Waals surface area (Å²) in [7, 11) is 0. The maximum atomic E-state index is 9.18. The zero-order valence-corrected chi connectivity index (χ0v) is 6.83. The van der Waals surface area contributed by atoms with Gasteiger partial charge in [0.2, 0.25) is 0 Å². The van der Waals surface area contributed by atoms with Crippen LogP contribution in [0.5, 0.6) is 0 Å². The zero-order valence-electron chi connectivity index (χ0n) is 6.83. The Labute approximate surface area is 66.9 Å². The fourth-order valence-electron chi connectivity index (χ4n) is 0.980. The molecular formula is C8H12N2O. The Bertz CT molecular complexity index is 195. The van der Waals surface area contributed by atoms with Gasteiger partial charge in [0.15, 0.2) is 6.10 Å². The van der Waals surface area contributed by atoms with Crippen molar-refractivity contribution in [3.63, 3.8) is 0 Å². The molecule has 0 aromatic rings. The van der Waals surface area contributed by atoms with E-state index in [-0.39, 0.29) is 0 Å². The number of hydrogen-bond acceptors (Lipinski definition) is 3. The van der Waals surface area contributed by atoms with Gasteiger partial charge in [-0.05, 0) is 12.8 Å². The molecule has 1 atom stereocenters. The SMILES string of the molecule is CCC(C#N)(CC)C(O)C#N. The second-order valence-corrected chi connectivity index (χ2v) is 2.51. The Morgan fingerprint density at radius 3 is 1.91 bits per heavy atom. The van der Waals surface area contributed by atoms with Gasteiger partial charge in [0.25, 0.3) is 0 Å². The molecular weight excluding hydrogens is 140 g/mol. The second kappa shape index (κ2) is 3.95. The van der Waals surface area contributed by atoms with E-state index < -0.39 is 11.5 Å². The fraction of sp³-hybridized carbons (Fsp3) is 0.750. The molecule has 1 unspecified atom stereocenters. The van der Waals surface area contributed by atoms with E-state index in [0.29, 0.717) is 12.8 Å². The molecule has 0 fully saturated rings. The van der Waals surface area contributed by atoms with E-state index in [1.807, 2.05) is 6.07 Å².